The number of allylic oxidation sites excluding steroid dienone is 2. The van der Waals surface area contributed by atoms with Crippen LogP contribution in [0.5, 0.6) is 0 Å². The second-order valence-electron chi connectivity index (χ2n) is 4.42. The summed E-state index contributed by atoms with van der Waals surface area (Å²) in [6.45, 7) is 4.75. The summed E-state index contributed by atoms with van der Waals surface area (Å²) in [5.41, 5.74) is 0. The molecule has 2 heteroatoms. The largest absolute Gasteiger partial charge is 0.0932 e. The Hall–Kier alpha value is 0.440. The fourth-order valence-corrected chi connectivity index (χ4v) is 6.10. The van der Waals surface area contributed by atoms with Crippen molar-refractivity contribution in [1.29, 1.82) is 0 Å². The van der Waals surface area contributed by atoms with E-state index in [2.05, 4.69) is 47.6 Å². The molecule has 2 rings (SSSR count). The molecular weight excluding hydrogens is 196 g/mol. The maximum absolute atomic E-state index is 2.47. The van der Waals surface area contributed by atoms with Crippen LogP contribution in [0.2, 0.25) is 0 Å². The molecule has 0 radical (unpaired) electrons. The zero-order chi connectivity index (χ0) is 9.26. The lowest BCUT2D eigenvalue weighted by Crippen LogP contribution is -2.33. The zero-order valence-corrected chi connectivity index (χ0v) is 10.0. The second-order valence-corrected chi connectivity index (χ2v) is 7.01. The van der Waals surface area contributed by atoms with Gasteiger partial charge in [0, 0.05) is 11.0 Å². The van der Waals surface area contributed by atoms with E-state index >= 15 is 0 Å². The van der Waals surface area contributed by atoms with Crippen molar-refractivity contribution < 1.29 is 0 Å². The third kappa shape index (κ3) is 2.10. The number of hydrogen-bond acceptors (Lipinski definition) is 2. The molecule has 0 N–H and O–H groups in total. The average Bonchev–Trinajstić information content (AvgIpc) is 2.17. The van der Waals surface area contributed by atoms with Crippen LogP contribution in [0, 0.1) is 17.8 Å². The van der Waals surface area contributed by atoms with Crippen molar-refractivity contribution in [2.24, 2.45) is 17.8 Å². The molecule has 0 bridgehead atoms. The highest BCUT2D eigenvalue weighted by molar-refractivity contribution is 8.77. The molecule has 0 aromatic carbocycles. The highest BCUT2D eigenvalue weighted by Crippen LogP contribution is 2.48. The van der Waals surface area contributed by atoms with Gasteiger partial charge in [-0.1, -0.05) is 47.6 Å². The van der Waals surface area contributed by atoms with Gasteiger partial charge in [0.05, 0.1) is 0 Å². The summed E-state index contributed by atoms with van der Waals surface area (Å²) in [5.74, 6) is 4.04. The zero-order valence-electron chi connectivity index (χ0n) is 8.40. The van der Waals surface area contributed by atoms with Gasteiger partial charge in [0.1, 0.15) is 0 Å². The monoisotopic (exact) mass is 214 g/mol. The molecule has 0 aromatic heterocycles. The summed E-state index contributed by atoms with van der Waals surface area (Å²) in [7, 11) is 4.22. The first-order chi connectivity index (χ1) is 6.29. The summed E-state index contributed by atoms with van der Waals surface area (Å²) in [6.07, 6.45) is 7.60. The Kier molecular flexibility index (Phi) is 3.31. The molecule has 3 unspecified atom stereocenters. The van der Waals surface area contributed by atoms with Gasteiger partial charge in [-0.2, -0.15) is 0 Å². The predicted molar refractivity (Wildman–Crippen MR) is 64.0 cm³/mol. The van der Waals surface area contributed by atoms with Gasteiger partial charge in [-0.05, 0) is 30.6 Å². The van der Waals surface area contributed by atoms with Crippen molar-refractivity contribution in [2.75, 3.05) is 5.75 Å². The summed E-state index contributed by atoms with van der Waals surface area (Å²) in [5, 5.41) is 0.897. The highest BCUT2D eigenvalue weighted by Gasteiger charge is 2.35. The Balaban J connectivity index is 2.09. The summed E-state index contributed by atoms with van der Waals surface area (Å²) in [6, 6.07) is 0. The van der Waals surface area contributed by atoms with E-state index in [1.54, 1.807) is 0 Å². The van der Waals surface area contributed by atoms with Gasteiger partial charge in [0.15, 0.2) is 0 Å². The molecule has 13 heavy (non-hydrogen) atoms. The van der Waals surface area contributed by atoms with E-state index in [0.717, 1.165) is 23.0 Å². The lowest BCUT2D eigenvalue weighted by molar-refractivity contribution is 0.327. The van der Waals surface area contributed by atoms with Gasteiger partial charge < -0.3 is 0 Å². The van der Waals surface area contributed by atoms with Gasteiger partial charge in [-0.25, -0.2) is 0 Å². The highest BCUT2D eigenvalue weighted by atomic mass is 33.1. The molecule has 0 aromatic rings. The van der Waals surface area contributed by atoms with E-state index in [-0.39, 0.29) is 0 Å². The van der Waals surface area contributed by atoms with Crippen LogP contribution in [0.15, 0.2) is 12.2 Å². The Bertz CT molecular complexity index is 198. The van der Waals surface area contributed by atoms with Crippen LogP contribution in [0.3, 0.4) is 0 Å². The molecule has 0 spiro atoms. The molecule has 0 amide bonds. The first-order valence-electron chi connectivity index (χ1n) is 5.24. The Morgan fingerprint density at radius 2 is 2.23 bits per heavy atom. The van der Waals surface area contributed by atoms with Crippen LogP contribution in [-0.4, -0.2) is 11.0 Å². The number of rotatable bonds is 1. The third-order valence-corrected chi connectivity index (χ3v) is 6.37. The van der Waals surface area contributed by atoms with Crippen molar-refractivity contribution in [3.8, 4) is 0 Å². The van der Waals surface area contributed by atoms with Crippen molar-refractivity contribution in [1.82, 2.24) is 0 Å². The quantitative estimate of drug-likeness (QED) is 0.478. The summed E-state index contributed by atoms with van der Waals surface area (Å²) < 4.78 is 0. The average molecular weight is 214 g/mol. The lowest BCUT2D eigenvalue weighted by atomic mass is 9.79. The Morgan fingerprint density at radius 1 is 1.38 bits per heavy atom. The molecule has 0 saturated carbocycles. The molecule has 1 fully saturated rings. The molecule has 1 aliphatic heterocycles. The maximum Gasteiger partial charge on any atom is 0.0208 e. The first-order valence-corrected chi connectivity index (χ1v) is 7.62. The summed E-state index contributed by atoms with van der Waals surface area (Å²) >= 11 is 0. The van der Waals surface area contributed by atoms with E-state index in [4.69, 9.17) is 0 Å². The standard InChI is InChI=1S/C11H18S2/c1-8(2)11-10-6-4-3-5-9(10)7-12-13-11/h3,5,8-11H,4,6-7H2,1-2H3. The van der Waals surface area contributed by atoms with Crippen molar-refractivity contribution in [3.05, 3.63) is 12.2 Å². The van der Waals surface area contributed by atoms with E-state index in [0.29, 0.717) is 0 Å². The van der Waals surface area contributed by atoms with Crippen LogP contribution in [0.4, 0.5) is 0 Å². The number of fused-ring (bicyclic) bond motifs is 1. The molecular formula is C11H18S2. The van der Waals surface area contributed by atoms with Gasteiger partial charge in [0.2, 0.25) is 0 Å². The first kappa shape index (κ1) is 9.97. The minimum Gasteiger partial charge on any atom is -0.0932 e. The second kappa shape index (κ2) is 4.31. The smallest absolute Gasteiger partial charge is 0.0208 e. The van der Waals surface area contributed by atoms with Crippen molar-refractivity contribution in [3.63, 3.8) is 0 Å². The van der Waals surface area contributed by atoms with Crippen LogP contribution >= 0.6 is 21.6 Å². The van der Waals surface area contributed by atoms with E-state index in [1.165, 1.54) is 18.6 Å². The molecule has 2 aliphatic rings. The molecule has 1 aliphatic carbocycles. The molecule has 1 saturated heterocycles. The van der Waals surface area contributed by atoms with Crippen LogP contribution in [0.1, 0.15) is 26.7 Å². The lowest BCUT2D eigenvalue weighted by Gasteiger charge is -2.39. The van der Waals surface area contributed by atoms with E-state index in [9.17, 15) is 0 Å². The fourth-order valence-electron chi connectivity index (χ4n) is 2.38. The van der Waals surface area contributed by atoms with Crippen LogP contribution < -0.4 is 0 Å². The molecule has 1 heterocycles. The maximum atomic E-state index is 2.47. The topological polar surface area (TPSA) is 0 Å². The van der Waals surface area contributed by atoms with Crippen molar-refractivity contribution in [2.45, 2.75) is 31.9 Å². The minimum atomic E-state index is 0.844. The van der Waals surface area contributed by atoms with Gasteiger partial charge >= 0.3 is 0 Å². The molecule has 3 atom stereocenters. The summed E-state index contributed by atoms with van der Waals surface area (Å²) in [4.78, 5) is 0. The van der Waals surface area contributed by atoms with Gasteiger partial charge in [-0.3, -0.25) is 0 Å². The fraction of sp³-hybridized carbons (Fsp3) is 0.818. The van der Waals surface area contributed by atoms with Gasteiger partial charge in [-0.15, -0.1) is 0 Å². The molecule has 0 nitrogen and oxygen atoms in total. The Labute approximate surface area is 89.3 Å². The normalized spacial score (nSPS) is 39.2. The third-order valence-electron chi connectivity index (χ3n) is 3.12. The van der Waals surface area contributed by atoms with Crippen LogP contribution in [-0.2, 0) is 0 Å². The van der Waals surface area contributed by atoms with Crippen molar-refractivity contribution >= 4 is 21.6 Å². The van der Waals surface area contributed by atoms with E-state index in [1.807, 2.05) is 0 Å². The van der Waals surface area contributed by atoms with Crippen LogP contribution in [0.25, 0.3) is 0 Å². The Morgan fingerprint density at radius 3 is 3.00 bits per heavy atom. The predicted octanol–water partition coefficient (Wildman–Crippen LogP) is 3.99. The number of hydrogen-bond donors (Lipinski definition) is 0. The molecule has 74 valence electrons. The van der Waals surface area contributed by atoms with Gasteiger partial charge in [0.25, 0.3) is 0 Å². The SMILES string of the molecule is CC(C)C1SSCC2C=CCCC21. The van der Waals surface area contributed by atoms with E-state index < -0.39 is 0 Å². The minimum absolute atomic E-state index is 0.844.